The van der Waals surface area contributed by atoms with Gasteiger partial charge in [-0.3, -0.25) is 4.31 Å². The van der Waals surface area contributed by atoms with E-state index in [1.54, 1.807) is 19.9 Å². The number of hydrogen-bond acceptors (Lipinski definition) is 5. The SMILES string of the molecule is Cc1cc2c(cc1N)N(S(=O)(=O)c1c(C)noc1C)CC2. The van der Waals surface area contributed by atoms with E-state index in [1.165, 1.54) is 4.31 Å². The summed E-state index contributed by atoms with van der Waals surface area (Å²) in [4.78, 5) is 0.148. The third-order valence-corrected chi connectivity index (χ3v) is 5.89. The Kier molecular flexibility index (Phi) is 2.98. The molecule has 0 aliphatic carbocycles. The molecule has 0 amide bonds. The number of rotatable bonds is 2. The van der Waals surface area contributed by atoms with Crippen LogP contribution in [0.2, 0.25) is 0 Å². The molecule has 2 N–H and O–H groups in total. The summed E-state index contributed by atoms with van der Waals surface area (Å²) in [7, 11) is -3.68. The van der Waals surface area contributed by atoms with Gasteiger partial charge in [-0.25, -0.2) is 8.42 Å². The first-order chi connectivity index (χ1) is 9.82. The molecule has 1 aromatic heterocycles. The van der Waals surface area contributed by atoms with Crippen molar-refractivity contribution >= 4 is 21.4 Å². The zero-order chi connectivity index (χ0) is 15.4. The molecule has 0 bridgehead atoms. The summed E-state index contributed by atoms with van der Waals surface area (Å²) in [5.74, 6) is 0.307. The molecule has 0 fully saturated rings. The first-order valence-corrected chi connectivity index (χ1v) is 8.11. The average molecular weight is 307 g/mol. The van der Waals surface area contributed by atoms with E-state index in [-0.39, 0.29) is 4.90 Å². The Balaban J connectivity index is 2.15. The molecule has 0 unspecified atom stereocenters. The molecule has 0 atom stereocenters. The van der Waals surface area contributed by atoms with Crippen molar-refractivity contribution < 1.29 is 12.9 Å². The fourth-order valence-electron chi connectivity index (χ4n) is 2.75. The third kappa shape index (κ3) is 1.99. The lowest BCUT2D eigenvalue weighted by atomic mass is 10.1. The van der Waals surface area contributed by atoms with Gasteiger partial charge in [0.1, 0.15) is 5.69 Å². The van der Waals surface area contributed by atoms with Crippen molar-refractivity contribution in [1.82, 2.24) is 5.16 Å². The summed E-state index contributed by atoms with van der Waals surface area (Å²) >= 11 is 0. The number of sulfonamides is 1. The maximum absolute atomic E-state index is 12.9. The van der Waals surface area contributed by atoms with Gasteiger partial charge >= 0.3 is 0 Å². The number of fused-ring (bicyclic) bond motifs is 1. The Hall–Kier alpha value is -2.02. The number of anilines is 2. The van der Waals surface area contributed by atoms with Crippen LogP contribution >= 0.6 is 0 Å². The van der Waals surface area contributed by atoms with E-state index < -0.39 is 10.0 Å². The number of aromatic nitrogens is 1. The highest BCUT2D eigenvalue weighted by molar-refractivity contribution is 7.93. The lowest BCUT2D eigenvalue weighted by Crippen LogP contribution is -2.29. The molecular formula is C14H17N3O3S. The number of aryl methyl sites for hydroxylation is 3. The van der Waals surface area contributed by atoms with Crippen LogP contribution in [-0.2, 0) is 16.4 Å². The molecule has 0 saturated heterocycles. The van der Waals surface area contributed by atoms with Gasteiger partial charge in [-0.05, 0) is 44.4 Å². The van der Waals surface area contributed by atoms with E-state index in [1.807, 2.05) is 13.0 Å². The second-order valence-corrected chi connectivity index (χ2v) is 7.12. The van der Waals surface area contributed by atoms with Crippen molar-refractivity contribution in [2.45, 2.75) is 32.1 Å². The van der Waals surface area contributed by atoms with Crippen LogP contribution in [0.3, 0.4) is 0 Å². The maximum Gasteiger partial charge on any atom is 0.269 e. The van der Waals surface area contributed by atoms with E-state index >= 15 is 0 Å². The van der Waals surface area contributed by atoms with Crippen LogP contribution in [0.25, 0.3) is 0 Å². The minimum atomic E-state index is -3.68. The monoisotopic (exact) mass is 307 g/mol. The molecule has 1 aliphatic rings. The molecule has 0 spiro atoms. The van der Waals surface area contributed by atoms with E-state index in [0.717, 1.165) is 11.1 Å². The molecule has 1 aromatic carbocycles. The average Bonchev–Trinajstić information content (AvgIpc) is 2.94. The third-order valence-electron chi connectivity index (χ3n) is 3.84. The smallest absolute Gasteiger partial charge is 0.269 e. The van der Waals surface area contributed by atoms with Crippen molar-refractivity contribution in [3.05, 3.63) is 34.7 Å². The highest BCUT2D eigenvalue weighted by Gasteiger charge is 2.35. The van der Waals surface area contributed by atoms with Crippen molar-refractivity contribution in [2.75, 3.05) is 16.6 Å². The second-order valence-electron chi connectivity index (χ2n) is 5.32. The molecule has 2 heterocycles. The lowest BCUT2D eigenvalue weighted by Gasteiger charge is -2.19. The molecular weight excluding hydrogens is 290 g/mol. The summed E-state index contributed by atoms with van der Waals surface area (Å²) in [6.07, 6.45) is 0.680. The summed E-state index contributed by atoms with van der Waals surface area (Å²) in [5.41, 5.74) is 9.50. The number of nitrogens with zero attached hydrogens (tertiary/aromatic N) is 2. The fraction of sp³-hybridized carbons (Fsp3) is 0.357. The van der Waals surface area contributed by atoms with Gasteiger partial charge in [-0.1, -0.05) is 11.2 Å². The van der Waals surface area contributed by atoms with E-state index in [9.17, 15) is 8.42 Å². The largest absolute Gasteiger partial charge is 0.398 e. The van der Waals surface area contributed by atoms with Gasteiger partial charge in [0, 0.05) is 12.2 Å². The Morgan fingerprint density at radius 1 is 1.29 bits per heavy atom. The molecule has 21 heavy (non-hydrogen) atoms. The van der Waals surface area contributed by atoms with Gasteiger partial charge in [0.05, 0.1) is 5.69 Å². The van der Waals surface area contributed by atoms with Crippen molar-refractivity contribution in [1.29, 1.82) is 0 Å². The van der Waals surface area contributed by atoms with Crippen molar-refractivity contribution in [2.24, 2.45) is 0 Å². The summed E-state index contributed by atoms with van der Waals surface area (Å²) < 4.78 is 32.1. The molecule has 2 aromatic rings. The minimum Gasteiger partial charge on any atom is -0.398 e. The highest BCUT2D eigenvalue weighted by atomic mass is 32.2. The zero-order valence-electron chi connectivity index (χ0n) is 12.2. The molecule has 0 radical (unpaired) electrons. The topological polar surface area (TPSA) is 89.4 Å². The fourth-order valence-corrected chi connectivity index (χ4v) is 4.54. The first kappa shape index (κ1) is 13.9. The van der Waals surface area contributed by atoms with Crippen LogP contribution in [0.5, 0.6) is 0 Å². The number of hydrogen-bond donors (Lipinski definition) is 1. The van der Waals surface area contributed by atoms with Gasteiger partial charge in [0.2, 0.25) is 0 Å². The van der Waals surface area contributed by atoms with E-state index in [0.29, 0.717) is 35.8 Å². The Morgan fingerprint density at radius 2 is 2.00 bits per heavy atom. The lowest BCUT2D eigenvalue weighted by molar-refractivity contribution is 0.390. The van der Waals surface area contributed by atoms with Gasteiger partial charge in [-0.2, -0.15) is 0 Å². The van der Waals surface area contributed by atoms with Gasteiger partial charge in [-0.15, -0.1) is 0 Å². The quantitative estimate of drug-likeness (QED) is 0.856. The predicted molar refractivity (Wildman–Crippen MR) is 79.8 cm³/mol. The summed E-state index contributed by atoms with van der Waals surface area (Å²) in [6.45, 7) is 5.56. The normalized spacial score (nSPS) is 14.5. The van der Waals surface area contributed by atoms with Crippen molar-refractivity contribution in [3.8, 4) is 0 Å². The number of nitrogens with two attached hydrogens (primary N) is 1. The molecule has 0 saturated carbocycles. The van der Waals surface area contributed by atoms with Crippen LogP contribution in [0.1, 0.15) is 22.6 Å². The van der Waals surface area contributed by atoms with Gasteiger partial charge in [0.15, 0.2) is 10.7 Å². The van der Waals surface area contributed by atoms with E-state index in [2.05, 4.69) is 5.16 Å². The molecule has 112 valence electrons. The van der Waals surface area contributed by atoms with Crippen LogP contribution in [0, 0.1) is 20.8 Å². The van der Waals surface area contributed by atoms with Gasteiger partial charge in [0.25, 0.3) is 10.0 Å². The molecule has 1 aliphatic heterocycles. The Labute approximate surface area is 123 Å². The van der Waals surface area contributed by atoms with Crippen molar-refractivity contribution in [3.63, 3.8) is 0 Å². The predicted octanol–water partition coefficient (Wildman–Crippen LogP) is 1.93. The standard InChI is InChI=1S/C14H17N3O3S/c1-8-6-11-4-5-17(13(11)7-12(8)15)21(18,19)14-9(2)16-20-10(14)3/h6-7H,4-5,15H2,1-3H3. The number of benzene rings is 1. The van der Waals surface area contributed by atoms with Crippen LogP contribution < -0.4 is 10.0 Å². The van der Waals surface area contributed by atoms with Crippen LogP contribution in [0.4, 0.5) is 11.4 Å². The minimum absolute atomic E-state index is 0.148. The van der Waals surface area contributed by atoms with Gasteiger partial charge < -0.3 is 10.3 Å². The van der Waals surface area contributed by atoms with Crippen LogP contribution in [0.15, 0.2) is 21.6 Å². The van der Waals surface area contributed by atoms with Crippen LogP contribution in [-0.4, -0.2) is 20.1 Å². The highest BCUT2D eigenvalue weighted by Crippen LogP contribution is 2.37. The van der Waals surface area contributed by atoms with E-state index in [4.69, 9.17) is 10.3 Å². The molecule has 6 nitrogen and oxygen atoms in total. The number of nitrogen functional groups attached to an aromatic ring is 1. The molecule has 7 heteroatoms. The Morgan fingerprint density at radius 3 is 2.62 bits per heavy atom. The molecule has 3 rings (SSSR count). The maximum atomic E-state index is 12.9. The second kappa shape index (κ2) is 4.49. The Bertz CT molecular complexity index is 805. The summed E-state index contributed by atoms with van der Waals surface area (Å²) in [6, 6.07) is 3.68. The zero-order valence-corrected chi connectivity index (χ0v) is 13.0. The summed E-state index contributed by atoms with van der Waals surface area (Å²) in [5, 5.41) is 3.74. The first-order valence-electron chi connectivity index (χ1n) is 6.67.